The molecule has 1 aromatic rings. The van der Waals surface area contributed by atoms with Gasteiger partial charge in [0.25, 0.3) is 0 Å². The van der Waals surface area contributed by atoms with E-state index in [-0.39, 0.29) is 0 Å². The molecule has 86 valence electrons. The molecule has 0 spiro atoms. The van der Waals surface area contributed by atoms with Gasteiger partial charge in [0.05, 0.1) is 4.47 Å². The van der Waals surface area contributed by atoms with Gasteiger partial charge < -0.3 is 5.32 Å². The molecule has 0 bridgehead atoms. The second kappa shape index (κ2) is 4.15. The van der Waals surface area contributed by atoms with Crippen molar-refractivity contribution >= 4 is 33.3 Å². The maximum atomic E-state index is 5.81. The maximum Gasteiger partial charge on any atom is 0.224 e. The van der Waals surface area contributed by atoms with Crippen molar-refractivity contribution in [1.82, 2.24) is 9.97 Å². The molecule has 0 radical (unpaired) electrons. The van der Waals surface area contributed by atoms with Gasteiger partial charge in [0.2, 0.25) is 5.28 Å². The van der Waals surface area contributed by atoms with Gasteiger partial charge in [0.15, 0.2) is 0 Å². The molecule has 5 heteroatoms. The van der Waals surface area contributed by atoms with E-state index in [0.717, 1.165) is 22.1 Å². The van der Waals surface area contributed by atoms with Crippen LogP contribution in [0.2, 0.25) is 5.28 Å². The van der Waals surface area contributed by atoms with Crippen LogP contribution in [0.3, 0.4) is 0 Å². The second-order valence-electron chi connectivity index (χ2n) is 4.68. The van der Waals surface area contributed by atoms with E-state index in [2.05, 4.69) is 31.2 Å². The van der Waals surface area contributed by atoms with E-state index in [0.29, 0.717) is 11.3 Å². The average Bonchev–Trinajstić information content (AvgIpc) is 3.13. The summed E-state index contributed by atoms with van der Waals surface area (Å²) in [5.74, 6) is 2.52. The van der Waals surface area contributed by atoms with Crippen molar-refractivity contribution in [3.05, 3.63) is 16.0 Å². The lowest BCUT2D eigenvalue weighted by Gasteiger charge is -2.18. The Labute approximate surface area is 108 Å². The summed E-state index contributed by atoms with van der Waals surface area (Å²) in [4.78, 5) is 8.16. The zero-order chi connectivity index (χ0) is 11.1. The monoisotopic (exact) mass is 301 g/mol. The summed E-state index contributed by atoms with van der Waals surface area (Å²) in [6, 6.07) is 0.585. The number of nitrogens with one attached hydrogen (secondary N) is 1. The van der Waals surface area contributed by atoms with Crippen molar-refractivity contribution in [2.75, 3.05) is 5.32 Å². The van der Waals surface area contributed by atoms with Crippen LogP contribution < -0.4 is 5.32 Å². The smallest absolute Gasteiger partial charge is 0.224 e. The van der Waals surface area contributed by atoms with Crippen LogP contribution in [0.15, 0.2) is 10.7 Å². The highest BCUT2D eigenvalue weighted by Crippen LogP contribution is 2.46. The van der Waals surface area contributed by atoms with E-state index >= 15 is 0 Å². The van der Waals surface area contributed by atoms with Crippen molar-refractivity contribution in [3.8, 4) is 0 Å². The summed E-state index contributed by atoms with van der Waals surface area (Å²) in [7, 11) is 0. The van der Waals surface area contributed by atoms with Crippen LogP contribution in [0.25, 0.3) is 0 Å². The molecule has 16 heavy (non-hydrogen) atoms. The highest BCUT2D eigenvalue weighted by molar-refractivity contribution is 9.10. The first-order valence-corrected chi connectivity index (χ1v) is 6.85. The van der Waals surface area contributed by atoms with Gasteiger partial charge in [0, 0.05) is 12.2 Å². The fourth-order valence-electron chi connectivity index (χ4n) is 2.14. The van der Waals surface area contributed by atoms with E-state index in [4.69, 9.17) is 11.6 Å². The molecular weight excluding hydrogens is 289 g/mol. The van der Waals surface area contributed by atoms with Crippen LogP contribution >= 0.6 is 27.5 Å². The Balaban J connectivity index is 1.78. The molecule has 0 amide bonds. The fraction of sp³-hybridized carbons (Fsp3) is 0.636. The largest absolute Gasteiger partial charge is 0.366 e. The fourth-order valence-corrected chi connectivity index (χ4v) is 2.57. The summed E-state index contributed by atoms with van der Waals surface area (Å²) in [6.45, 7) is 0. The van der Waals surface area contributed by atoms with Crippen molar-refractivity contribution in [2.45, 2.75) is 31.7 Å². The van der Waals surface area contributed by atoms with Crippen molar-refractivity contribution in [3.63, 3.8) is 0 Å². The van der Waals surface area contributed by atoms with E-state index < -0.39 is 0 Å². The first-order valence-electron chi connectivity index (χ1n) is 5.68. The van der Waals surface area contributed by atoms with Gasteiger partial charge in [-0.15, -0.1) is 0 Å². The summed E-state index contributed by atoms with van der Waals surface area (Å²) in [5, 5.41) is 3.83. The summed E-state index contributed by atoms with van der Waals surface area (Å²) >= 11 is 9.26. The average molecular weight is 303 g/mol. The quantitative estimate of drug-likeness (QED) is 0.865. The lowest BCUT2D eigenvalue weighted by molar-refractivity contribution is 0.565. The molecule has 3 rings (SSSR count). The van der Waals surface area contributed by atoms with Crippen LogP contribution in [0.4, 0.5) is 5.82 Å². The normalized spacial score (nSPS) is 20.2. The molecule has 0 atom stereocenters. The molecule has 0 aromatic carbocycles. The van der Waals surface area contributed by atoms with Gasteiger partial charge in [-0.1, -0.05) is 0 Å². The molecule has 2 fully saturated rings. The minimum Gasteiger partial charge on any atom is -0.366 e. The zero-order valence-electron chi connectivity index (χ0n) is 8.79. The maximum absolute atomic E-state index is 5.81. The predicted molar refractivity (Wildman–Crippen MR) is 67.6 cm³/mol. The van der Waals surface area contributed by atoms with E-state index in [9.17, 15) is 0 Å². The lowest BCUT2D eigenvalue weighted by atomic mass is 10.1. The topological polar surface area (TPSA) is 37.8 Å². The van der Waals surface area contributed by atoms with Crippen LogP contribution in [0, 0.1) is 11.8 Å². The number of hydrogen-bond donors (Lipinski definition) is 1. The van der Waals surface area contributed by atoms with Gasteiger partial charge in [-0.2, -0.15) is 4.98 Å². The zero-order valence-corrected chi connectivity index (χ0v) is 11.1. The Morgan fingerprint density at radius 2 is 1.94 bits per heavy atom. The van der Waals surface area contributed by atoms with Crippen molar-refractivity contribution < 1.29 is 0 Å². The van der Waals surface area contributed by atoms with Crippen LogP contribution in [0.5, 0.6) is 0 Å². The molecule has 1 aromatic heterocycles. The van der Waals surface area contributed by atoms with Gasteiger partial charge in [-0.25, -0.2) is 4.98 Å². The number of nitrogens with zero attached hydrogens (tertiary/aromatic N) is 2. The minimum atomic E-state index is 0.302. The third-order valence-corrected chi connectivity index (χ3v) is 4.04. The summed E-state index contributed by atoms with van der Waals surface area (Å²) in [5.41, 5.74) is 0. The van der Waals surface area contributed by atoms with E-state index in [1.807, 2.05) is 0 Å². The second-order valence-corrected chi connectivity index (χ2v) is 5.87. The van der Waals surface area contributed by atoms with Crippen LogP contribution in [0.1, 0.15) is 25.7 Å². The molecule has 3 nitrogen and oxygen atoms in total. The third kappa shape index (κ3) is 2.33. The number of anilines is 1. The van der Waals surface area contributed by atoms with Crippen LogP contribution in [-0.4, -0.2) is 16.0 Å². The van der Waals surface area contributed by atoms with Crippen molar-refractivity contribution in [1.29, 1.82) is 0 Å². The highest BCUT2D eigenvalue weighted by Gasteiger charge is 2.41. The van der Waals surface area contributed by atoms with Crippen molar-refractivity contribution in [2.24, 2.45) is 11.8 Å². The predicted octanol–water partition coefficient (Wildman–Crippen LogP) is 3.49. The first kappa shape index (κ1) is 10.8. The Hall–Kier alpha value is -0.350. The Kier molecular flexibility index (Phi) is 2.80. The highest BCUT2D eigenvalue weighted by atomic mass is 79.9. The summed E-state index contributed by atoms with van der Waals surface area (Å²) in [6.07, 6.45) is 7.11. The summed E-state index contributed by atoms with van der Waals surface area (Å²) < 4.78 is 0.892. The third-order valence-electron chi connectivity index (χ3n) is 3.28. The SMILES string of the molecule is Clc1ncc(Br)c(NC(C2CC2)C2CC2)n1. The van der Waals surface area contributed by atoms with Gasteiger partial charge >= 0.3 is 0 Å². The minimum absolute atomic E-state index is 0.302. The van der Waals surface area contributed by atoms with Crippen LogP contribution in [-0.2, 0) is 0 Å². The van der Waals surface area contributed by atoms with E-state index in [1.165, 1.54) is 25.7 Å². The van der Waals surface area contributed by atoms with E-state index in [1.54, 1.807) is 6.20 Å². The molecule has 1 N–H and O–H groups in total. The Morgan fingerprint density at radius 3 is 2.50 bits per heavy atom. The molecule has 1 heterocycles. The number of hydrogen-bond acceptors (Lipinski definition) is 3. The van der Waals surface area contributed by atoms with Gasteiger partial charge in [-0.3, -0.25) is 0 Å². The first-order chi connectivity index (χ1) is 7.74. The molecular formula is C11H13BrClN3. The molecule has 0 aliphatic heterocycles. The lowest BCUT2D eigenvalue weighted by Crippen LogP contribution is -2.25. The molecule has 2 aliphatic rings. The number of aromatic nitrogens is 2. The molecule has 2 aliphatic carbocycles. The molecule has 0 unspecified atom stereocenters. The molecule has 2 saturated carbocycles. The number of halogens is 2. The Bertz CT molecular complexity index is 392. The Morgan fingerprint density at radius 1 is 1.31 bits per heavy atom. The molecule has 0 saturated heterocycles. The standard InChI is InChI=1S/C11H13BrClN3/c12-8-5-14-11(13)16-10(8)15-9(6-1-2-6)7-3-4-7/h5-7,9H,1-4H2,(H,14,15,16). The van der Waals surface area contributed by atoms with Gasteiger partial charge in [0.1, 0.15) is 5.82 Å². The number of rotatable bonds is 4. The van der Waals surface area contributed by atoms with Gasteiger partial charge in [-0.05, 0) is 65.0 Å².